The predicted octanol–water partition coefficient (Wildman–Crippen LogP) is 4.61. The van der Waals surface area contributed by atoms with Crippen LogP contribution in [0, 0.1) is 0 Å². The molecule has 4 rings (SSSR count). The Hall–Kier alpha value is -3.13. The first kappa shape index (κ1) is 22.1. The molecule has 0 fully saturated rings. The number of nitrogens with two attached hydrogens (primary N) is 1. The molecule has 0 saturated heterocycles. The molecule has 162 valence electrons. The number of rotatable bonds is 9. The van der Waals surface area contributed by atoms with Gasteiger partial charge in [0, 0.05) is 18.5 Å². The predicted molar refractivity (Wildman–Crippen MR) is 136 cm³/mol. The van der Waals surface area contributed by atoms with E-state index in [2.05, 4.69) is 91.0 Å². The zero-order valence-electron chi connectivity index (χ0n) is 18.1. The normalized spacial score (nSPS) is 11.3. The quantitative estimate of drug-likeness (QED) is 0.294. The van der Waals surface area contributed by atoms with Crippen molar-refractivity contribution in [2.24, 2.45) is 5.73 Å². The van der Waals surface area contributed by atoms with Crippen molar-refractivity contribution >= 4 is 23.2 Å². The maximum absolute atomic E-state index is 9.86. The number of phenols is 1. The number of ether oxygens (including phenoxy) is 1. The van der Waals surface area contributed by atoms with Crippen molar-refractivity contribution in [3.8, 4) is 11.5 Å². The Kier molecular flexibility index (Phi) is 7.21. The fourth-order valence-corrected chi connectivity index (χ4v) is 8.50. The summed E-state index contributed by atoms with van der Waals surface area (Å²) in [6, 6.07) is 37.9. The second-order valence-electron chi connectivity index (χ2n) is 7.74. The first-order valence-corrected chi connectivity index (χ1v) is 12.9. The molecule has 0 aliphatic carbocycles. The molecule has 0 saturated carbocycles. The Morgan fingerprint density at radius 3 is 1.66 bits per heavy atom. The van der Waals surface area contributed by atoms with Crippen molar-refractivity contribution in [3.63, 3.8) is 0 Å². The van der Waals surface area contributed by atoms with Gasteiger partial charge in [0.15, 0.2) is 0 Å². The van der Waals surface area contributed by atoms with Gasteiger partial charge in [-0.05, 0) is 54.6 Å². The van der Waals surface area contributed by atoms with Gasteiger partial charge in [-0.15, -0.1) is 0 Å². The average molecular weight is 443 g/mol. The molecule has 4 heteroatoms. The van der Waals surface area contributed by atoms with Crippen LogP contribution in [0.15, 0.2) is 109 Å². The molecular weight excluding hydrogens is 413 g/mol. The van der Waals surface area contributed by atoms with E-state index in [1.54, 1.807) is 12.1 Å². The van der Waals surface area contributed by atoms with E-state index in [-0.39, 0.29) is 12.3 Å². The summed E-state index contributed by atoms with van der Waals surface area (Å²) in [4.78, 5) is 0. The third kappa shape index (κ3) is 4.70. The van der Waals surface area contributed by atoms with Crippen molar-refractivity contribution in [2.75, 3.05) is 12.8 Å². The lowest BCUT2D eigenvalue weighted by atomic mass is 10.2. The van der Waals surface area contributed by atoms with Gasteiger partial charge in [0.2, 0.25) is 0 Å². The van der Waals surface area contributed by atoms with E-state index in [0.29, 0.717) is 12.2 Å². The van der Waals surface area contributed by atoms with Crippen LogP contribution in [-0.4, -0.2) is 17.9 Å². The van der Waals surface area contributed by atoms with E-state index in [4.69, 9.17) is 10.5 Å². The van der Waals surface area contributed by atoms with E-state index < -0.39 is 7.26 Å². The molecule has 0 atom stereocenters. The van der Waals surface area contributed by atoms with Crippen LogP contribution in [0.2, 0.25) is 0 Å². The van der Waals surface area contributed by atoms with Gasteiger partial charge in [0.1, 0.15) is 34.7 Å². The summed E-state index contributed by atoms with van der Waals surface area (Å²) in [5, 5.41) is 14.0. The van der Waals surface area contributed by atoms with E-state index in [9.17, 15) is 5.11 Å². The van der Waals surface area contributed by atoms with E-state index in [1.807, 2.05) is 6.07 Å². The second kappa shape index (κ2) is 10.5. The highest BCUT2D eigenvalue weighted by Crippen LogP contribution is 2.55. The SMILES string of the molecule is NCc1cc(OCCC[P+](c2ccccc2)(c2ccccc2)c2ccccc2)ccc1O. The van der Waals surface area contributed by atoms with Crippen molar-refractivity contribution in [1.82, 2.24) is 0 Å². The summed E-state index contributed by atoms with van der Waals surface area (Å²) in [7, 11) is -1.84. The molecule has 32 heavy (non-hydrogen) atoms. The van der Waals surface area contributed by atoms with E-state index >= 15 is 0 Å². The number of hydrogen-bond donors (Lipinski definition) is 2. The highest BCUT2D eigenvalue weighted by Gasteiger charge is 2.44. The van der Waals surface area contributed by atoms with Crippen molar-refractivity contribution in [3.05, 3.63) is 115 Å². The van der Waals surface area contributed by atoms with E-state index in [0.717, 1.165) is 18.3 Å². The van der Waals surface area contributed by atoms with Crippen LogP contribution in [-0.2, 0) is 6.54 Å². The standard InChI is InChI=1S/C28H28NO2P/c29-22-23-21-24(17-18-28(23)30)31-19-10-20-32(25-11-4-1-5-12-25,26-13-6-2-7-14-26)27-15-8-3-9-16-27/h1-9,11-18,21H,10,19-20,22,29H2/p+1. The number of benzene rings is 4. The van der Waals surface area contributed by atoms with Crippen LogP contribution in [0.4, 0.5) is 0 Å². The third-order valence-corrected chi connectivity index (χ3v) is 10.3. The molecule has 0 aliphatic heterocycles. The molecule has 0 aromatic heterocycles. The summed E-state index contributed by atoms with van der Waals surface area (Å²) < 4.78 is 6.06. The Morgan fingerprint density at radius 1 is 0.688 bits per heavy atom. The second-order valence-corrected chi connectivity index (χ2v) is 11.4. The maximum atomic E-state index is 9.86. The molecular formula is C28H29NO2P+. The molecule has 3 N–H and O–H groups in total. The summed E-state index contributed by atoms with van der Waals surface area (Å²) in [5.74, 6) is 0.952. The molecule has 0 bridgehead atoms. The summed E-state index contributed by atoms with van der Waals surface area (Å²) in [6.45, 7) is 0.886. The Bertz CT molecular complexity index is 1020. The van der Waals surface area contributed by atoms with Gasteiger partial charge < -0.3 is 15.6 Å². The summed E-state index contributed by atoms with van der Waals surface area (Å²) in [5.41, 5.74) is 6.41. The number of hydrogen-bond acceptors (Lipinski definition) is 3. The topological polar surface area (TPSA) is 55.5 Å². The Balaban J connectivity index is 1.64. The highest BCUT2D eigenvalue weighted by atomic mass is 31.2. The zero-order chi connectivity index (χ0) is 22.2. The molecule has 0 aliphatic rings. The molecule has 3 nitrogen and oxygen atoms in total. The molecule has 4 aromatic rings. The van der Waals surface area contributed by atoms with Crippen LogP contribution in [0.5, 0.6) is 11.5 Å². The maximum Gasteiger partial charge on any atom is 0.120 e. The molecule has 0 amide bonds. The largest absolute Gasteiger partial charge is 0.508 e. The van der Waals surface area contributed by atoms with Crippen LogP contribution >= 0.6 is 7.26 Å². The van der Waals surface area contributed by atoms with Crippen molar-refractivity contribution < 1.29 is 9.84 Å². The van der Waals surface area contributed by atoms with Crippen molar-refractivity contribution in [1.29, 1.82) is 0 Å². The smallest absolute Gasteiger partial charge is 0.120 e. The van der Waals surface area contributed by atoms with Crippen LogP contribution in [0.3, 0.4) is 0 Å². The lowest BCUT2D eigenvalue weighted by molar-refractivity contribution is 0.317. The molecule has 0 radical (unpaired) electrons. The summed E-state index contributed by atoms with van der Waals surface area (Å²) in [6.07, 6.45) is 1.91. The molecule has 4 aromatic carbocycles. The van der Waals surface area contributed by atoms with Crippen LogP contribution in [0.1, 0.15) is 12.0 Å². The number of phenolic OH excluding ortho intramolecular Hbond substituents is 1. The lowest BCUT2D eigenvalue weighted by Crippen LogP contribution is -2.33. The average Bonchev–Trinajstić information content (AvgIpc) is 2.87. The monoisotopic (exact) mass is 442 g/mol. The van der Waals surface area contributed by atoms with Gasteiger partial charge in [-0.1, -0.05) is 54.6 Å². The van der Waals surface area contributed by atoms with Gasteiger partial charge in [0.25, 0.3) is 0 Å². The Labute approximate surface area is 190 Å². The highest BCUT2D eigenvalue weighted by molar-refractivity contribution is 7.95. The minimum atomic E-state index is -1.84. The fourth-order valence-electron chi connectivity index (χ4n) is 4.19. The molecule has 0 spiro atoms. The minimum absolute atomic E-state index is 0.210. The lowest BCUT2D eigenvalue weighted by Gasteiger charge is -2.27. The number of aromatic hydroxyl groups is 1. The molecule has 0 heterocycles. The van der Waals surface area contributed by atoms with Crippen LogP contribution < -0.4 is 26.4 Å². The van der Waals surface area contributed by atoms with Gasteiger partial charge in [-0.2, -0.15) is 0 Å². The molecule has 0 unspecified atom stereocenters. The van der Waals surface area contributed by atoms with E-state index in [1.165, 1.54) is 15.9 Å². The first-order chi connectivity index (χ1) is 15.7. The fraction of sp³-hybridized carbons (Fsp3) is 0.143. The first-order valence-electron chi connectivity index (χ1n) is 10.9. The van der Waals surface area contributed by atoms with Gasteiger partial charge in [-0.25, -0.2) is 0 Å². The zero-order valence-corrected chi connectivity index (χ0v) is 19.0. The Morgan fingerprint density at radius 2 is 1.19 bits per heavy atom. The third-order valence-electron chi connectivity index (χ3n) is 5.77. The summed E-state index contributed by atoms with van der Waals surface area (Å²) >= 11 is 0. The minimum Gasteiger partial charge on any atom is -0.508 e. The van der Waals surface area contributed by atoms with Gasteiger partial charge >= 0.3 is 0 Å². The van der Waals surface area contributed by atoms with Crippen LogP contribution in [0.25, 0.3) is 0 Å². The van der Waals surface area contributed by atoms with Crippen molar-refractivity contribution in [2.45, 2.75) is 13.0 Å². The van der Waals surface area contributed by atoms with Gasteiger partial charge in [0.05, 0.1) is 12.8 Å². The van der Waals surface area contributed by atoms with Gasteiger partial charge in [-0.3, -0.25) is 0 Å².